The van der Waals surface area contributed by atoms with E-state index in [2.05, 4.69) is 27.7 Å². The van der Waals surface area contributed by atoms with Crippen molar-refractivity contribution in [3.8, 4) is 0 Å². The summed E-state index contributed by atoms with van der Waals surface area (Å²) in [5, 5.41) is 0.598. The highest BCUT2D eigenvalue weighted by Gasteiger charge is 2.32. The van der Waals surface area contributed by atoms with Crippen molar-refractivity contribution in [1.29, 1.82) is 0 Å². The lowest BCUT2D eigenvalue weighted by Crippen LogP contribution is -2.31. The maximum absolute atomic E-state index is 4.94. The van der Waals surface area contributed by atoms with E-state index >= 15 is 0 Å². The van der Waals surface area contributed by atoms with E-state index in [-0.39, 0.29) is 0 Å². The highest BCUT2D eigenvalue weighted by atomic mass is 32.1. The molecule has 0 fully saturated rings. The Balaban J connectivity index is 4.32. The summed E-state index contributed by atoms with van der Waals surface area (Å²) < 4.78 is 0. The summed E-state index contributed by atoms with van der Waals surface area (Å²) in [6.07, 6.45) is 16.5. The van der Waals surface area contributed by atoms with Crippen LogP contribution in [0.3, 0.4) is 0 Å². The maximum atomic E-state index is 4.94. The van der Waals surface area contributed by atoms with Gasteiger partial charge in [-0.15, -0.1) is 0 Å². The minimum atomic E-state index is 0.513. The van der Waals surface area contributed by atoms with Crippen LogP contribution in [0.1, 0.15) is 105 Å². The summed E-state index contributed by atoms with van der Waals surface area (Å²) in [6.45, 7) is 9.29. The Morgan fingerprint density at radius 1 is 0.737 bits per heavy atom. The fraction of sp³-hybridized carbons (Fsp3) is 1.00. The molecule has 0 radical (unpaired) electrons. The van der Waals surface area contributed by atoms with E-state index in [0.29, 0.717) is 10.7 Å². The van der Waals surface area contributed by atoms with Crippen molar-refractivity contribution in [2.75, 3.05) is 0 Å². The van der Waals surface area contributed by atoms with Gasteiger partial charge in [0.25, 0.3) is 0 Å². The molecule has 0 aromatic carbocycles. The molecule has 0 aromatic heterocycles. The third kappa shape index (κ3) is 7.63. The molecule has 0 aromatic rings. The molecule has 0 heterocycles. The molecular weight excluding hydrogens is 248 g/mol. The molecule has 1 heteroatoms. The van der Waals surface area contributed by atoms with E-state index in [4.69, 9.17) is 12.6 Å². The van der Waals surface area contributed by atoms with Gasteiger partial charge in [-0.2, -0.15) is 12.6 Å². The lowest BCUT2D eigenvalue weighted by molar-refractivity contribution is 0.201. The zero-order chi connectivity index (χ0) is 14.6. The SMILES string of the molecule is CCCCCCC(CC)(CCCCCC)C(S)CC. The minimum absolute atomic E-state index is 0.513. The molecule has 0 saturated carbocycles. The van der Waals surface area contributed by atoms with E-state index in [1.165, 1.54) is 77.0 Å². The third-order valence-electron chi connectivity index (χ3n) is 4.85. The minimum Gasteiger partial charge on any atom is -0.175 e. The lowest BCUT2D eigenvalue weighted by atomic mass is 9.72. The smallest absolute Gasteiger partial charge is 0.00705 e. The summed E-state index contributed by atoms with van der Waals surface area (Å²) in [4.78, 5) is 0. The van der Waals surface area contributed by atoms with Crippen LogP contribution in [0.2, 0.25) is 0 Å². The fourth-order valence-electron chi connectivity index (χ4n) is 3.29. The van der Waals surface area contributed by atoms with Gasteiger partial charge in [-0.3, -0.25) is 0 Å². The first-order chi connectivity index (χ1) is 9.16. The molecule has 0 aliphatic heterocycles. The van der Waals surface area contributed by atoms with Crippen LogP contribution in [0, 0.1) is 5.41 Å². The van der Waals surface area contributed by atoms with Crippen molar-refractivity contribution in [1.82, 2.24) is 0 Å². The predicted molar refractivity (Wildman–Crippen MR) is 93.3 cm³/mol. The molecule has 0 rings (SSSR count). The number of hydrogen-bond acceptors (Lipinski definition) is 1. The van der Waals surface area contributed by atoms with Crippen molar-refractivity contribution in [2.45, 2.75) is 110 Å². The molecule has 19 heavy (non-hydrogen) atoms. The maximum Gasteiger partial charge on any atom is 0.00705 e. The Morgan fingerprint density at radius 2 is 1.21 bits per heavy atom. The average molecular weight is 287 g/mol. The van der Waals surface area contributed by atoms with Crippen LogP contribution in [-0.2, 0) is 0 Å². The molecular formula is C18H38S. The van der Waals surface area contributed by atoms with Gasteiger partial charge in [0.05, 0.1) is 0 Å². The van der Waals surface area contributed by atoms with Crippen LogP contribution in [0.5, 0.6) is 0 Å². The number of rotatable bonds is 13. The molecule has 1 unspecified atom stereocenters. The number of hydrogen-bond donors (Lipinski definition) is 1. The van der Waals surface area contributed by atoms with Gasteiger partial charge in [-0.25, -0.2) is 0 Å². The van der Waals surface area contributed by atoms with Gasteiger partial charge in [-0.05, 0) is 31.1 Å². The predicted octanol–water partition coefficient (Wildman–Crippen LogP) is 7.03. The molecule has 0 spiro atoms. The Bertz CT molecular complexity index is 176. The third-order valence-corrected chi connectivity index (χ3v) is 5.77. The first-order valence-corrected chi connectivity index (χ1v) is 9.36. The first kappa shape index (κ1) is 19.4. The number of thiol groups is 1. The Morgan fingerprint density at radius 3 is 1.53 bits per heavy atom. The van der Waals surface area contributed by atoms with Gasteiger partial charge < -0.3 is 0 Å². The van der Waals surface area contributed by atoms with Crippen molar-refractivity contribution in [3.05, 3.63) is 0 Å². The average Bonchev–Trinajstić information content (AvgIpc) is 2.45. The van der Waals surface area contributed by atoms with Gasteiger partial charge >= 0.3 is 0 Å². The van der Waals surface area contributed by atoms with E-state index in [1.807, 2.05) is 0 Å². The molecule has 0 nitrogen and oxygen atoms in total. The van der Waals surface area contributed by atoms with Crippen molar-refractivity contribution >= 4 is 12.6 Å². The van der Waals surface area contributed by atoms with Crippen LogP contribution >= 0.6 is 12.6 Å². The fourth-order valence-corrected chi connectivity index (χ4v) is 3.73. The van der Waals surface area contributed by atoms with Crippen LogP contribution in [0.4, 0.5) is 0 Å². The monoisotopic (exact) mass is 286 g/mol. The molecule has 0 aliphatic carbocycles. The highest BCUT2D eigenvalue weighted by molar-refractivity contribution is 7.81. The molecule has 0 N–H and O–H groups in total. The summed E-state index contributed by atoms with van der Waals surface area (Å²) in [6, 6.07) is 0. The van der Waals surface area contributed by atoms with E-state index in [1.54, 1.807) is 0 Å². The second-order valence-electron chi connectivity index (χ2n) is 6.26. The van der Waals surface area contributed by atoms with E-state index < -0.39 is 0 Å². The summed E-state index contributed by atoms with van der Waals surface area (Å²) >= 11 is 4.94. The van der Waals surface area contributed by atoms with Crippen molar-refractivity contribution in [2.24, 2.45) is 5.41 Å². The van der Waals surface area contributed by atoms with Crippen LogP contribution in [0.25, 0.3) is 0 Å². The van der Waals surface area contributed by atoms with Gasteiger partial charge in [0.2, 0.25) is 0 Å². The molecule has 0 aliphatic rings. The summed E-state index contributed by atoms with van der Waals surface area (Å²) in [5.41, 5.74) is 0.513. The van der Waals surface area contributed by atoms with Gasteiger partial charge in [0.1, 0.15) is 0 Å². The molecule has 0 saturated heterocycles. The van der Waals surface area contributed by atoms with Crippen LogP contribution in [-0.4, -0.2) is 5.25 Å². The largest absolute Gasteiger partial charge is 0.175 e. The quantitative estimate of drug-likeness (QED) is 0.272. The van der Waals surface area contributed by atoms with E-state index in [0.717, 1.165) is 0 Å². The second kappa shape index (κ2) is 12.1. The Labute approximate surface area is 128 Å². The standard InChI is InChI=1S/C18H38S/c1-5-9-11-13-15-18(8-4,17(19)7-3)16-14-12-10-6-2/h17,19H,5-16H2,1-4H3. The Hall–Kier alpha value is 0.350. The summed E-state index contributed by atoms with van der Waals surface area (Å²) in [5.74, 6) is 0. The second-order valence-corrected chi connectivity index (χ2v) is 6.88. The lowest BCUT2D eigenvalue weighted by Gasteiger charge is -2.38. The molecule has 1 atom stereocenters. The molecule has 0 bridgehead atoms. The summed E-state index contributed by atoms with van der Waals surface area (Å²) in [7, 11) is 0. The zero-order valence-electron chi connectivity index (χ0n) is 14.0. The van der Waals surface area contributed by atoms with E-state index in [9.17, 15) is 0 Å². The highest BCUT2D eigenvalue weighted by Crippen LogP contribution is 2.42. The molecule has 116 valence electrons. The van der Waals surface area contributed by atoms with Crippen molar-refractivity contribution < 1.29 is 0 Å². The van der Waals surface area contributed by atoms with Gasteiger partial charge in [0, 0.05) is 5.25 Å². The first-order valence-electron chi connectivity index (χ1n) is 8.84. The topological polar surface area (TPSA) is 0 Å². The van der Waals surface area contributed by atoms with Crippen LogP contribution < -0.4 is 0 Å². The van der Waals surface area contributed by atoms with Gasteiger partial charge in [0.15, 0.2) is 0 Å². The number of unbranched alkanes of at least 4 members (excludes halogenated alkanes) is 6. The zero-order valence-corrected chi connectivity index (χ0v) is 14.9. The normalized spacial score (nSPS) is 13.7. The van der Waals surface area contributed by atoms with Crippen molar-refractivity contribution in [3.63, 3.8) is 0 Å². The van der Waals surface area contributed by atoms with Crippen LogP contribution in [0.15, 0.2) is 0 Å². The molecule has 0 amide bonds. The van der Waals surface area contributed by atoms with Gasteiger partial charge in [-0.1, -0.05) is 79.1 Å². The Kier molecular flexibility index (Phi) is 12.3.